The van der Waals surface area contributed by atoms with E-state index in [1.807, 2.05) is 48.9 Å². The molecule has 3 aromatic rings. The van der Waals surface area contributed by atoms with Gasteiger partial charge in [0.15, 0.2) is 0 Å². The predicted molar refractivity (Wildman–Crippen MR) is 107 cm³/mol. The van der Waals surface area contributed by atoms with E-state index in [2.05, 4.69) is 26.8 Å². The molecule has 28 heavy (non-hydrogen) atoms. The van der Waals surface area contributed by atoms with Gasteiger partial charge in [0.05, 0.1) is 23.4 Å². The molecule has 0 spiro atoms. The summed E-state index contributed by atoms with van der Waals surface area (Å²) in [6, 6.07) is 15.5. The maximum absolute atomic E-state index is 12.6. The lowest BCUT2D eigenvalue weighted by molar-refractivity contribution is 0.0954. The highest BCUT2D eigenvalue weighted by Crippen LogP contribution is 2.15. The van der Waals surface area contributed by atoms with E-state index in [-0.39, 0.29) is 5.91 Å². The summed E-state index contributed by atoms with van der Waals surface area (Å²) in [7, 11) is 0. The van der Waals surface area contributed by atoms with Gasteiger partial charge in [0, 0.05) is 25.0 Å². The summed E-state index contributed by atoms with van der Waals surface area (Å²) in [6.07, 6.45) is 1.62. The third-order valence-corrected chi connectivity index (χ3v) is 4.41. The third kappa shape index (κ3) is 4.35. The fourth-order valence-corrected chi connectivity index (χ4v) is 3.02. The highest BCUT2D eigenvalue weighted by molar-refractivity contribution is 5.96. The first-order valence-electron chi connectivity index (χ1n) is 9.05. The van der Waals surface area contributed by atoms with Crippen molar-refractivity contribution in [1.29, 1.82) is 5.26 Å². The van der Waals surface area contributed by atoms with Gasteiger partial charge in [0.2, 0.25) is 0 Å². The van der Waals surface area contributed by atoms with Crippen LogP contribution in [0.15, 0.2) is 48.7 Å². The average Bonchev–Trinajstić information content (AvgIpc) is 2.99. The smallest absolute Gasteiger partial charge is 0.255 e. The molecule has 1 aromatic carbocycles. The monoisotopic (exact) mass is 374 g/mol. The molecule has 0 aliphatic rings. The number of hydrogen-bond acceptors (Lipinski definition) is 5. The molecule has 2 N–H and O–H groups in total. The summed E-state index contributed by atoms with van der Waals surface area (Å²) in [4.78, 5) is 16.8. The molecule has 0 radical (unpaired) electrons. The van der Waals surface area contributed by atoms with E-state index in [0.717, 1.165) is 11.3 Å². The number of nitrogens with one attached hydrogen (secondary N) is 2. The van der Waals surface area contributed by atoms with Crippen LogP contribution in [-0.2, 0) is 6.54 Å². The van der Waals surface area contributed by atoms with Crippen LogP contribution < -0.4 is 10.6 Å². The summed E-state index contributed by atoms with van der Waals surface area (Å²) in [5.41, 5.74) is 3.75. The molecule has 7 nitrogen and oxygen atoms in total. The first-order valence-corrected chi connectivity index (χ1v) is 9.05. The number of carbonyl (C=O) groups excluding carboxylic acids is 1. The number of rotatable bonds is 7. The number of amides is 1. The van der Waals surface area contributed by atoms with E-state index >= 15 is 0 Å². The van der Waals surface area contributed by atoms with Gasteiger partial charge in [-0.1, -0.05) is 30.3 Å². The number of nitrogens with zero attached hydrogens (tertiary/aromatic N) is 4. The van der Waals surface area contributed by atoms with Gasteiger partial charge in [0.1, 0.15) is 11.9 Å². The molecule has 0 atom stereocenters. The van der Waals surface area contributed by atoms with E-state index in [0.29, 0.717) is 42.3 Å². The van der Waals surface area contributed by atoms with Gasteiger partial charge in [-0.2, -0.15) is 10.4 Å². The summed E-state index contributed by atoms with van der Waals surface area (Å²) < 4.78 is 1.85. The number of anilines is 1. The Morgan fingerprint density at radius 1 is 1.14 bits per heavy atom. The van der Waals surface area contributed by atoms with Crippen LogP contribution in [0.4, 0.5) is 5.82 Å². The number of nitriles is 1. The normalized spacial score (nSPS) is 10.3. The molecule has 7 heteroatoms. The molecular weight excluding hydrogens is 352 g/mol. The summed E-state index contributed by atoms with van der Waals surface area (Å²) in [6.45, 7) is 5.24. The Kier molecular flexibility index (Phi) is 6.02. The minimum atomic E-state index is -0.155. The molecule has 0 bridgehead atoms. The van der Waals surface area contributed by atoms with Crippen molar-refractivity contribution < 1.29 is 4.79 Å². The standard InChI is InChI=1S/C21H22N6O/c1-15-19(16(2)27(26-15)14-17-7-4-3-5-8-17)21(28)25-12-11-24-20-18(13-22)9-6-10-23-20/h3-10H,11-12,14H2,1-2H3,(H,23,24)(H,25,28). The zero-order valence-electron chi connectivity index (χ0n) is 15.9. The number of carbonyl (C=O) groups is 1. The molecule has 1 amide bonds. The van der Waals surface area contributed by atoms with Gasteiger partial charge in [0.25, 0.3) is 5.91 Å². The largest absolute Gasteiger partial charge is 0.367 e. The van der Waals surface area contributed by atoms with Crippen molar-refractivity contribution in [3.8, 4) is 6.07 Å². The Morgan fingerprint density at radius 2 is 1.93 bits per heavy atom. The van der Waals surface area contributed by atoms with E-state index < -0.39 is 0 Å². The van der Waals surface area contributed by atoms with Crippen molar-refractivity contribution in [2.75, 3.05) is 18.4 Å². The quantitative estimate of drug-likeness (QED) is 0.620. The van der Waals surface area contributed by atoms with E-state index in [1.165, 1.54) is 0 Å². The number of pyridine rings is 1. The van der Waals surface area contributed by atoms with Gasteiger partial charge >= 0.3 is 0 Å². The number of hydrogen-bond donors (Lipinski definition) is 2. The zero-order chi connectivity index (χ0) is 19.9. The van der Waals surface area contributed by atoms with Gasteiger partial charge in [-0.15, -0.1) is 0 Å². The summed E-state index contributed by atoms with van der Waals surface area (Å²) >= 11 is 0. The first-order chi connectivity index (χ1) is 13.6. The molecule has 0 aliphatic carbocycles. The molecule has 2 aromatic heterocycles. The maximum atomic E-state index is 12.6. The second-order valence-electron chi connectivity index (χ2n) is 6.38. The Labute approximate surface area is 164 Å². The van der Waals surface area contributed by atoms with Crippen molar-refractivity contribution in [1.82, 2.24) is 20.1 Å². The van der Waals surface area contributed by atoms with Crippen LogP contribution in [0.2, 0.25) is 0 Å². The van der Waals surface area contributed by atoms with Gasteiger partial charge in [-0.05, 0) is 31.5 Å². The van der Waals surface area contributed by atoms with E-state index in [9.17, 15) is 4.79 Å². The summed E-state index contributed by atoms with van der Waals surface area (Å²) in [5.74, 6) is 0.361. The minimum absolute atomic E-state index is 0.155. The lowest BCUT2D eigenvalue weighted by Crippen LogP contribution is -2.29. The van der Waals surface area contributed by atoms with Crippen LogP contribution in [0.3, 0.4) is 0 Å². The average molecular weight is 374 g/mol. The molecule has 3 rings (SSSR count). The topological polar surface area (TPSA) is 95.6 Å². The minimum Gasteiger partial charge on any atom is -0.367 e. The molecule has 0 saturated heterocycles. The van der Waals surface area contributed by atoms with E-state index in [4.69, 9.17) is 5.26 Å². The van der Waals surface area contributed by atoms with Crippen molar-refractivity contribution in [2.45, 2.75) is 20.4 Å². The van der Waals surface area contributed by atoms with Crippen molar-refractivity contribution in [2.24, 2.45) is 0 Å². The maximum Gasteiger partial charge on any atom is 0.255 e. The van der Waals surface area contributed by atoms with Crippen molar-refractivity contribution in [3.05, 3.63) is 76.7 Å². The summed E-state index contributed by atoms with van der Waals surface area (Å²) in [5, 5.41) is 19.6. The van der Waals surface area contributed by atoms with Gasteiger partial charge in [-0.3, -0.25) is 9.48 Å². The van der Waals surface area contributed by atoms with Crippen LogP contribution in [0.1, 0.15) is 32.9 Å². The van der Waals surface area contributed by atoms with Crippen molar-refractivity contribution in [3.63, 3.8) is 0 Å². The van der Waals surface area contributed by atoms with Crippen LogP contribution in [0, 0.1) is 25.2 Å². The lowest BCUT2D eigenvalue weighted by Gasteiger charge is -2.09. The van der Waals surface area contributed by atoms with Crippen LogP contribution in [0.5, 0.6) is 0 Å². The van der Waals surface area contributed by atoms with Crippen LogP contribution in [0.25, 0.3) is 0 Å². The number of aromatic nitrogens is 3. The fourth-order valence-electron chi connectivity index (χ4n) is 3.02. The Morgan fingerprint density at radius 3 is 2.68 bits per heavy atom. The number of benzene rings is 1. The molecule has 142 valence electrons. The Balaban J connectivity index is 1.59. The van der Waals surface area contributed by atoms with E-state index in [1.54, 1.807) is 18.3 Å². The molecule has 0 unspecified atom stereocenters. The fraction of sp³-hybridized carbons (Fsp3) is 0.238. The molecule has 2 heterocycles. The third-order valence-electron chi connectivity index (χ3n) is 4.41. The molecular formula is C21H22N6O. The Hall–Kier alpha value is -3.66. The molecule has 0 aliphatic heterocycles. The second kappa shape index (κ2) is 8.82. The zero-order valence-corrected chi connectivity index (χ0v) is 15.9. The predicted octanol–water partition coefficient (Wildman–Crippen LogP) is 2.66. The first kappa shape index (κ1) is 19.1. The number of aryl methyl sites for hydroxylation is 1. The highest BCUT2D eigenvalue weighted by Gasteiger charge is 2.18. The SMILES string of the molecule is Cc1nn(Cc2ccccc2)c(C)c1C(=O)NCCNc1ncccc1C#N. The lowest BCUT2D eigenvalue weighted by atomic mass is 10.1. The van der Waals surface area contributed by atoms with Crippen molar-refractivity contribution >= 4 is 11.7 Å². The molecule has 0 saturated carbocycles. The molecule has 0 fully saturated rings. The van der Waals surface area contributed by atoms with Crippen LogP contribution in [-0.4, -0.2) is 33.8 Å². The van der Waals surface area contributed by atoms with Gasteiger partial charge in [-0.25, -0.2) is 4.98 Å². The van der Waals surface area contributed by atoms with Crippen LogP contribution >= 0.6 is 0 Å². The van der Waals surface area contributed by atoms with Gasteiger partial charge < -0.3 is 10.6 Å². The highest BCUT2D eigenvalue weighted by atomic mass is 16.1. The second-order valence-corrected chi connectivity index (χ2v) is 6.38. The Bertz CT molecular complexity index is 1000.